The molecule has 2 aromatic rings. The van der Waals surface area contributed by atoms with Gasteiger partial charge in [-0.05, 0) is 17.6 Å². The first-order valence-corrected chi connectivity index (χ1v) is 7.06. The van der Waals surface area contributed by atoms with Crippen molar-refractivity contribution in [2.75, 3.05) is 13.7 Å². The molecule has 19 heavy (non-hydrogen) atoms. The summed E-state index contributed by atoms with van der Waals surface area (Å²) in [5, 5.41) is 14.2. The molecule has 0 aliphatic carbocycles. The number of hydrogen-bond acceptors (Lipinski definition) is 6. The zero-order valence-corrected chi connectivity index (χ0v) is 11.8. The standard InChI is InChI=1S/C12H11N3O2S2/c1-15(12(17)11-6-13-14-19-11)7-10-5-9(8-18-10)3-2-4-16/h5-6,8,16H,4,7H2,1H3. The van der Waals surface area contributed by atoms with Crippen LogP contribution in [0.4, 0.5) is 0 Å². The molecule has 0 aliphatic heterocycles. The summed E-state index contributed by atoms with van der Waals surface area (Å²) in [4.78, 5) is 15.2. The summed E-state index contributed by atoms with van der Waals surface area (Å²) < 4.78 is 3.68. The number of carbonyl (C=O) groups is 1. The Balaban J connectivity index is 2.01. The number of nitrogens with zero attached hydrogens (tertiary/aromatic N) is 3. The van der Waals surface area contributed by atoms with E-state index in [0.29, 0.717) is 11.4 Å². The van der Waals surface area contributed by atoms with Crippen LogP contribution in [-0.2, 0) is 6.54 Å². The van der Waals surface area contributed by atoms with E-state index in [2.05, 4.69) is 21.4 Å². The summed E-state index contributed by atoms with van der Waals surface area (Å²) in [6, 6.07) is 1.92. The van der Waals surface area contributed by atoms with Crippen LogP contribution >= 0.6 is 22.9 Å². The zero-order valence-electron chi connectivity index (χ0n) is 10.2. The van der Waals surface area contributed by atoms with Crippen molar-refractivity contribution in [3.63, 3.8) is 0 Å². The molecule has 2 heterocycles. The van der Waals surface area contributed by atoms with Crippen LogP contribution in [0.15, 0.2) is 17.6 Å². The Morgan fingerprint density at radius 3 is 3.11 bits per heavy atom. The molecule has 0 aliphatic rings. The third-order valence-corrected chi connectivity index (χ3v) is 3.85. The van der Waals surface area contributed by atoms with Gasteiger partial charge in [0.25, 0.3) is 5.91 Å². The van der Waals surface area contributed by atoms with Gasteiger partial charge in [0.1, 0.15) is 11.5 Å². The maximum Gasteiger partial charge on any atom is 0.267 e. The van der Waals surface area contributed by atoms with Crippen LogP contribution in [0.5, 0.6) is 0 Å². The Morgan fingerprint density at radius 2 is 2.42 bits per heavy atom. The molecule has 5 nitrogen and oxygen atoms in total. The molecule has 0 atom stereocenters. The van der Waals surface area contributed by atoms with Crippen molar-refractivity contribution in [3.8, 4) is 11.8 Å². The maximum atomic E-state index is 12.0. The molecule has 0 spiro atoms. The summed E-state index contributed by atoms with van der Waals surface area (Å²) in [5.41, 5.74) is 0.856. The molecule has 0 aromatic carbocycles. The van der Waals surface area contributed by atoms with E-state index in [0.717, 1.165) is 22.0 Å². The second-order valence-electron chi connectivity index (χ2n) is 3.70. The normalized spacial score (nSPS) is 9.79. The zero-order chi connectivity index (χ0) is 13.7. The Hall–Kier alpha value is -1.75. The third-order valence-electron chi connectivity index (χ3n) is 2.28. The molecule has 0 unspecified atom stereocenters. The molecule has 0 saturated carbocycles. The van der Waals surface area contributed by atoms with Crippen LogP contribution in [0.3, 0.4) is 0 Å². The number of amides is 1. The molecule has 0 fully saturated rings. The van der Waals surface area contributed by atoms with Crippen LogP contribution < -0.4 is 0 Å². The van der Waals surface area contributed by atoms with Gasteiger partial charge in [0, 0.05) is 22.9 Å². The fraction of sp³-hybridized carbons (Fsp3) is 0.250. The Bertz CT molecular complexity index is 610. The van der Waals surface area contributed by atoms with Crippen molar-refractivity contribution in [1.29, 1.82) is 0 Å². The third kappa shape index (κ3) is 3.61. The summed E-state index contributed by atoms with van der Waals surface area (Å²) in [6.45, 7) is 0.365. The van der Waals surface area contributed by atoms with Crippen LogP contribution in [0.2, 0.25) is 0 Å². The second-order valence-corrected chi connectivity index (χ2v) is 5.49. The van der Waals surface area contributed by atoms with Gasteiger partial charge in [0.15, 0.2) is 0 Å². The fourth-order valence-corrected chi connectivity index (χ4v) is 2.80. The molecule has 0 radical (unpaired) electrons. The molecular weight excluding hydrogens is 282 g/mol. The number of thiophene rings is 1. The second kappa shape index (κ2) is 6.43. The van der Waals surface area contributed by atoms with Crippen LogP contribution in [0.1, 0.15) is 20.1 Å². The predicted octanol–water partition coefficient (Wildman–Crippen LogP) is 1.22. The Morgan fingerprint density at radius 1 is 1.58 bits per heavy atom. The molecule has 7 heteroatoms. The van der Waals surface area contributed by atoms with Crippen LogP contribution in [-0.4, -0.2) is 39.2 Å². The lowest BCUT2D eigenvalue weighted by atomic mass is 10.3. The van der Waals surface area contributed by atoms with E-state index < -0.39 is 0 Å². The lowest BCUT2D eigenvalue weighted by Gasteiger charge is -2.14. The first-order chi connectivity index (χ1) is 9.20. The van der Waals surface area contributed by atoms with E-state index in [1.165, 1.54) is 17.5 Å². The van der Waals surface area contributed by atoms with E-state index in [1.54, 1.807) is 11.9 Å². The highest BCUT2D eigenvalue weighted by Crippen LogP contribution is 2.17. The minimum atomic E-state index is -0.151. The van der Waals surface area contributed by atoms with E-state index in [4.69, 9.17) is 5.11 Å². The van der Waals surface area contributed by atoms with Gasteiger partial charge in [-0.1, -0.05) is 16.3 Å². The molecule has 1 N–H and O–H groups in total. The van der Waals surface area contributed by atoms with Gasteiger partial charge in [0.05, 0.1) is 12.7 Å². The van der Waals surface area contributed by atoms with Crippen molar-refractivity contribution in [1.82, 2.24) is 14.5 Å². The molecule has 1 amide bonds. The Labute approximate surface area is 118 Å². The topological polar surface area (TPSA) is 66.3 Å². The summed E-state index contributed by atoms with van der Waals surface area (Å²) in [6.07, 6.45) is 1.47. The molecule has 2 rings (SSSR count). The van der Waals surface area contributed by atoms with E-state index in [-0.39, 0.29) is 12.5 Å². The average molecular weight is 293 g/mol. The highest BCUT2D eigenvalue weighted by Gasteiger charge is 2.14. The number of hydrogen-bond donors (Lipinski definition) is 1. The minimum Gasteiger partial charge on any atom is -0.384 e. The molecule has 2 aromatic heterocycles. The lowest BCUT2D eigenvalue weighted by molar-refractivity contribution is 0.0791. The van der Waals surface area contributed by atoms with Crippen LogP contribution in [0.25, 0.3) is 0 Å². The monoisotopic (exact) mass is 293 g/mol. The van der Waals surface area contributed by atoms with Gasteiger partial charge < -0.3 is 10.0 Å². The maximum absolute atomic E-state index is 12.0. The molecular formula is C12H11N3O2S2. The average Bonchev–Trinajstić information content (AvgIpc) is 3.06. The molecule has 0 bridgehead atoms. The predicted molar refractivity (Wildman–Crippen MR) is 74.0 cm³/mol. The Kier molecular flexibility index (Phi) is 4.63. The van der Waals surface area contributed by atoms with Gasteiger partial charge in [-0.2, -0.15) is 0 Å². The minimum absolute atomic E-state index is 0.0913. The highest BCUT2D eigenvalue weighted by molar-refractivity contribution is 7.10. The summed E-state index contributed by atoms with van der Waals surface area (Å²) >= 11 is 2.62. The smallest absolute Gasteiger partial charge is 0.267 e. The van der Waals surface area contributed by atoms with Gasteiger partial charge in [-0.3, -0.25) is 4.79 Å². The summed E-state index contributed by atoms with van der Waals surface area (Å²) in [7, 11) is 1.74. The number of aromatic nitrogens is 2. The quantitative estimate of drug-likeness (QED) is 0.864. The SMILES string of the molecule is CN(Cc1cc(C#CCO)cs1)C(=O)c1cnns1. The van der Waals surface area contributed by atoms with Crippen molar-refractivity contribution in [2.24, 2.45) is 0 Å². The van der Waals surface area contributed by atoms with Crippen molar-refractivity contribution in [3.05, 3.63) is 33.0 Å². The number of aliphatic hydroxyl groups excluding tert-OH is 1. The van der Waals surface area contributed by atoms with E-state index >= 15 is 0 Å². The lowest BCUT2D eigenvalue weighted by Crippen LogP contribution is -2.24. The van der Waals surface area contributed by atoms with Crippen molar-refractivity contribution < 1.29 is 9.90 Å². The first kappa shape index (κ1) is 13.7. The number of aliphatic hydroxyl groups is 1. The van der Waals surface area contributed by atoms with Gasteiger partial charge in [-0.25, -0.2) is 0 Å². The number of carbonyl (C=O) groups excluding carboxylic acids is 1. The van der Waals surface area contributed by atoms with Crippen molar-refractivity contribution in [2.45, 2.75) is 6.54 Å². The van der Waals surface area contributed by atoms with E-state index in [9.17, 15) is 4.79 Å². The summed E-state index contributed by atoms with van der Waals surface area (Å²) in [5.74, 6) is 5.34. The highest BCUT2D eigenvalue weighted by atomic mass is 32.1. The largest absolute Gasteiger partial charge is 0.384 e. The van der Waals surface area contributed by atoms with E-state index in [1.807, 2.05) is 11.4 Å². The molecule has 0 saturated heterocycles. The van der Waals surface area contributed by atoms with Gasteiger partial charge in [0.2, 0.25) is 0 Å². The van der Waals surface area contributed by atoms with Gasteiger partial charge >= 0.3 is 0 Å². The molecule has 98 valence electrons. The first-order valence-electron chi connectivity index (χ1n) is 5.40. The van der Waals surface area contributed by atoms with Crippen LogP contribution in [0, 0.1) is 11.8 Å². The fourth-order valence-electron chi connectivity index (χ4n) is 1.43. The number of rotatable bonds is 3. The van der Waals surface area contributed by atoms with Gasteiger partial charge in [-0.15, -0.1) is 16.4 Å². The van der Waals surface area contributed by atoms with Crippen molar-refractivity contribution >= 4 is 28.8 Å².